The summed E-state index contributed by atoms with van der Waals surface area (Å²) in [7, 11) is 0. The van der Waals surface area contributed by atoms with E-state index in [0.29, 0.717) is 24.7 Å². The zero-order chi connectivity index (χ0) is 25.1. The summed E-state index contributed by atoms with van der Waals surface area (Å²) in [5.74, 6) is 1.23. The Bertz CT molecular complexity index is 919. The van der Waals surface area contributed by atoms with E-state index in [1.807, 2.05) is 13.8 Å². The summed E-state index contributed by atoms with van der Waals surface area (Å²) in [5.41, 5.74) is 0.248. The van der Waals surface area contributed by atoms with Gasteiger partial charge in [-0.25, -0.2) is 0 Å². The Morgan fingerprint density at radius 3 is 2.24 bits per heavy atom. The lowest BCUT2D eigenvalue weighted by Crippen LogP contribution is -2.67. The molecule has 5 aliphatic carbocycles. The lowest BCUT2D eigenvalue weighted by Gasteiger charge is -2.71. The third-order valence-corrected chi connectivity index (χ3v) is 13.1. The summed E-state index contributed by atoms with van der Waals surface area (Å²) in [6.07, 6.45) is 8.40. The highest BCUT2D eigenvalue weighted by atomic mass is 16.3. The number of rotatable bonds is 1. The van der Waals surface area contributed by atoms with Crippen molar-refractivity contribution in [1.29, 1.82) is 0 Å². The number of fused-ring (bicyclic) bond motifs is 7. The summed E-state index contributed by atoms with van der Waals surface area (Å²) < 4.78 is 0. The van der Waals surface area contributed by atoms with E-state index >= 15 is 0 Å². The van der Waals surface area contributed by atoms with Gasteiger partial charge in [0, 0.05) is 17.3 Å². The highest BCUT2D eigenvalue weighted by Crippen LogP contribution is 2.75. The number of carbonyl (C=O) groups excluding carboxylic acids is 1. The maximum Gasteiger partial charge on any atom is 0.139 e. The molecular weight excluding hydrogens is 424 g/mol. The smallest absolute Gasteiger partial charge is 0.139 e. The third-order valence-electron chi connectivity index (χ3n) is 13.1. The molecule has 5 rings (SSSR count). The quantitative estimate of drug-likeness (QED) is 0.453. The maximum absolute atomic E-state index is 13.0. The molecule has 0 saturated heterocycles. The van der Waals surface area contributed by atoms with Crippen molar-refractivity contribution in [2.75, 3.05) is 6.61 Å². The maximum atomic E-state index is 13.0. The van der Waals surface area contributed by atoms with E-state index < -0.39 is 16.9 Å². The number of aliphatic hydroxyl groups is 3. The van der Waals surface area contributed by atoms with Crippen LogP contribution in [0.5, 0.6) is 0 Å². The molecule has 0 unspecified atom stereocenters. The Morgan fingerprint density at radius 1 is 0.912 bits per heavy atom. The zero-order valence-corrected chi connectivity index (χ0v) is 22.6. The molecule has 3 N–H and O–H groups in total. The second-order valence-corrected chi connectivity index (χ2v) is 15.0. The van der Waals surface area contributed by atoms with E-state index in [-0.39, 0.29) is 52.5 Å². The zero-order valence-electron chi connectivity index (χ0n) is 22.6. The SMILES string of the molecule is CC1(C)C[C@H]2C3=CC[C@@H]4[C@@]5(C)CC[C@H](O)C(C)(C)[C@H]5CC[C@@]4(C)[C@]3(C)C[C@@H](O)[C@@]2(CO)CC1=O. The van der Waals surface area contributed by atoms with Crippen LogP contribution in [0.3, 0.4) is 0 Å². The monoisotopic (exact) mass is 472 g/mol. The number of ketones is 1. The van der Waals surface area contributed by atoms with E-state index in [1.54, 1.807) is 0 Å². The number of allylic oxidation sites excluding steroid dienone is 2. The van der Waals surface area contributed by atoms with Crippen molar-refractivity contribution < 1.29 is 20.1 Å². The van der Waals surface area contributed by atoms with Gasteiger partial charge in [-0.1, -0.05) is 60.1 Å². The van der Waals surface area contributed by atoms with Crippen molar-refractivity contribution in [3.05, 3.63) is 11.6 Å². The minimum atomic E-state index is -0.737. The highest BCUT2D eigenvalue weighted by Gasteiger charge is 2.70. The fourth-order valence-corrected chi connectivity index (χ4v) is 10.5. The molecule has 192 valence electrons. The van der Waals surface area contributed by atoms with Crippen LogP contribution in [0.1, 0.15) is 99.8 Å². The first-order valence-electron chi connectivity index (χ1n) is 13.8. The van der Waals surface area contributed by atoms with E-state index in [9.17, 15) is 20.1 Å². The molecule has 5 aliphatic rings. The van der Waals surface area contributed by atoms with Gasteiger partial charge in [0.25, 0.3) is 0 Å². The molecule has 4 saturated carbocycles. The van der Waals surface area contributed by atoms with Gasteiger partial charge in [-0.05, 0) is 84.4 Å². The first-order valence-corrected chi connectivity index (χ1v) is 13.8. The van der Waals surface area contributed by atoms with Crippen LogP contribution in [0, 0.1) is 50.2 Å². The number of aliphatic hydroxyl groups excluding tert-OH is 3. The average Bonchev–Trinajstić information content (AvgIpc) is 2.73. The molecule has 0 aromatic rings. The summed E-state index contributed by atoms with van der Waals surface area (Å²) in [6, 6.07) is 0. The van der Waals surface area contributed by atoms with Crippen molar-refractivity contribution in [3.8, 4) is 0 Å². The molecule has 34 heavy (non-hydrogen) atoms. The van der Waals surface area contributed by atoms with Crippen LogP contribution in [0.25, 0.3) is 0 Å². The minimum Gasteiger partial charge on any atom is -0.396 e. The van der Waals surface area contributed by atoms with Gasteiger partial charge >= 0.3 is 0 Å². The van der Waals surface area contributed by atoms with Gasteiger partial charge in [0.05, 0.1) is 18.8 Å². The number of carbonyl (C=O) groups is 1. The van der Waals surface area contributed by atoms with E-state index in [0.717, 1.165) is 32.1 Å². The molecule has 0 aromatic heterocycles. The summed E-state index contributed by atoms with van der Waals surface area (Å²) >= 11 is 0. The van der Waals surface area contributed by atoms with Gasteiger partial charge < -0.3 is 15.3 Å². The molecule has 9 atom stereocenters. The van der Waals surface area contributed by atoms with Crippen molar-refractivity contribution in [2.24, 2.45) is 50.2 Å². The van der Waals surface area contributed by atoms with Gasteiger partial charge in [0.15, 0.2) is 0 Å². The van der Waals surface area contributed by atoms with Gasteiger partial charge in [-0.2, -0.15) is 0 Å². The van der Waals surface area contributed by atoms with Crippen LogP contribution in [0.2, 0.25) is 0 Å². The molecule has 0 aliphatic heterocycles. The second kappa shape index (κ2) is 7.19. The molecular formula is C30H48O4. The van der Waals surface area contributed by atoms with Crippen molar-refractivity contribution >= 4 is 5.78 Å². The molecule has 4 heteroatoms. The summed E-state index contributed by atoms with van der Waals surface area (Å²) in [5, 5.41) is 33.2. The van der Waals surface area contributed by atoms with Crippen LogP contribution in [-0.4, -0.2) is 39.9 Å². The molecule has 0 radical (unpaired) electrons. The molecule has 0 heterocycles. The first kappa shape index (κ1) is 25.0. The predicted octanol–water partition coefficient (Wildman–Crippen LogP) is 5.29. The van der Waals surface area contributed by atoms with Crippen molar-refractivity contribution in [3.63, 3.8) is 0 Å². The lowest BCUT2D eigenvalue weighted by molar-refractivity contribution is -0.217. The van der Waals surface area contributed by atoms with Crippen LogP contribution < -0.4 is 0 Å². The number of hydrogen-bond donors (Lipinski definition) is 3. The average molecular weight is 473 g/mol. The van der Waals surface area contributed by atoms with Gasteiger partial charge in [-0.15, -0.1) is 0 Å². The van der Waals surface area contributed by atoms with E-state index in [4.69, 9.17) is 0 Å². The van der Waals surface area contributed by atoms with Crippen LogP contribution in [-0.2, 0) is 4.79 Å². The largest absolute Gasteiger partial charge is 0.396 e. The third kappa shape index (κ3) is 2.80. The van der Waals surface area contributed by atoms with Gasteiger partial charge in [0.2, 0.25) is 0 Å². The van der Waals surface area contributed by atoms with E-state index in [1.165, 1.54) is 5.57 Å². The molecule has 0 aromatic carbocycles. The number of hydrogen-bond acceptors (Lipinski definition) is 4. The topological polar surface area (TPSA) is 77.8 Å². The van der Waals surface area contributed by atoms with Crippen molar-refractivity contribution in [2.45, 2.75) is 112 Å². The van der Waals surface area contributed by atoms with Gasteiger partial charge in [-0.3, -0.25) is 4.79 Å². The van der Waals surface area contributed by atoms with Gasteiger partial charge in [0.1, 0.15) is 5.78 Å². The Morgan fingerprint density at radius 2 is 1.59 bits per heavy atom. The van der Waals surface area contributed by atoms with Crippen molar-refractivity contribution in [1.82, 2.24) is 0 Å². The second-order valence-electron chi connectivity index (χ2n) is 15.0. The first-order chi connectivity index (χ1) is 15.6. The lowest BCUT2D eigenvalue weighted by atomic mass is 9.33. The Hall–Kier alpha value is -0.710. The van der Waals surface area contributed by atoms with Crippen LogP contribution in [0.15, 0.2) is 11.6 Å². The van der Waals surface area contributed by atoms with Crippen LogP contribution in [0.4, 0.5) is 0 Å². The molecule has 0 amide bonds. The standard InChI is InChI=1S/C30H48O4/c1-25(2)14-19-18-8-9-21-27(5)12-11-22(32)26(3,4)20(27)10-13-28(21,6)29(18,7)15-24(34)30(19,17-31)16-23(25)33/h8,19-22,24,31-32,34H,9-17H2,1-7H3/t19-,20+,21+,22-,24+,27-,28+,29+,30+/m0/s1. The summed E-state index contributed by atoms with van der Waals surface area (Å²) in [4.78, 5) is 13.0. The molecule has 0 spiro atoms. The molecule has 0 bridgehead atoms. The fraction of sp³-hybridized carbons (Fsp3) is 0.900. The fourth-order valence-electron chi connectivity index (χ4n) is 10.5. The number of Topliss-reactive ketones (excluding diaryl/α,β-unsaturated/α-hetero) is 1. The summed E-state index contributed by atoms with van der Waals surface area (Å²) in [6.45, 7) is 15.9. The minimum absolute atomic E-state index is 0.0480. The Labute approximate surface area is 206 Å². The highest BCUT2D eigenvalue weighted by molar-refractivity contribution is 5.86. The molecule has 4 fully saturated rings. The van der Waals surface area contributed by atoms with E-state index in [2.05, 4.69) is 40.7 Å². The Kier molecular flexibility index (Phi) is 5.28. The molecule has 4 nitrogen and oxygen atoms in total. The normalized spacial score (nSPS) is 53.6. The Balaban J connectivity index is 1.62. The van der Waals surface area contributed by atoms with Crippen LogP contribution >= 0.6 is 0 Å². The predicted molar refractivity (Wildman–Crippen MR) is 134 cm³/mol.